The number of carboxylic acids is 1. The van der Waals surface area contributed by atoms with E-state index in [0.717, 1.165) is 24.2 Å². The summed E-state index contributed by atoms with van der Waals surface area (Å²) in [6, 6.07) is 15.5. The van der Waals surface area contributed by atoms with Gasteiger partial charge in [-0.1, -0.05) is 42.5 Å². The molecule has 1 atom stereocenters. The van der Waals surface area contributed by atoms with Gasteiger partial charge in [0, 0.05) is 12.0 Å². The van der Waals surface area contributed by atoms with Crippen molar-refractivity contribution in [1.82, 2.24) is 9.97 Å². The van der Waals surface area contributed by atoms with Gasteiger partial charge in [0.1, 0.15) is 5.82 Å². The van der Waals surface area contributed by atoms with Crippen LogP contribution >= 0.6 is 0 Å². The first kappa shape index (κ1) is 15.2. The van der Waals surface area contributed by atoms with E-state index in [-0.39, 0.29) is 6.42 Å². The summed E-state index contributed by atoms with van der Waals surface area (Å²) >= 11 is 0. The second kappa shape index (κ2) is 6.62. The van der Waals surface area contributed by atoms with Crippen molar-refractivity contribution in [3.63, 3.8) is 0 Å². The molecule has 1 heterocycles. The second-order valence-electron chi connectivity index (χ2n) is 5.53. The topological polar surface area (TPSA) is 86.2 Å². The zero-order valence-electron chi connectivity index (χ0n) is 12.6. The first-order valence-corrected chi connectivity index (χ1v) is 7.55. The van der Waals surface area contributed by atoms with E-state index in [1.54, 1.807) is 12.1 Å². The molecule has 3 rings (SSSR count). The Kier molecular flexibility index (Phi) is 4.39. The van der Waals surface area contributed by atoms with E-state index >= 15 is 0 Å². The lowest BCUT2D eigenvalue weighted by molar-refractivity contribution is -0.139. The van der Waals surface area contributed by atoms with Gasteiger partial charge < -0.3 is 15.2 Å². The maximum Gasteiger partial charge on any atom is 0.306 e. The Morgan fingerprint density at radius 3 is 2.61 bits per heavy atom. The van der Waals surface area contributed by atoms with Crippen molar-refractivity contribution in [3.05, 3.63) is 65.5 Å². The maximum absolute atomic E-state index is 10.8. The number of benzene rings is 2. The van der Waals surface area contributed by atoms with E-state index < -0.39 is 12.1 Å². The second-order valence-corrected chi connectivity index (χ2v) is 5.53. The maximum atomic E-state index is 10.8. The molecule has 1 aromatic heterocycles. The lowest BCUT2D eigenvalue weighted by atomic mass is 10.1. The molecular formula is C18H18N2O3. The highest BCUT2D eigenvalue weighted by molar-refractivity contribution is 5.80. The van der Waals surface area contributed by atoms with Gasteiger partial charge in [-0.25, -0.2) is 4.98 Å². The van der Waals surface area contributed by atoms with Gasteiger partial charge in [-0.2, -0.15) is 0 Å². The van der Waals surface area contributed by atoms with Crippen LogP contribution in [-0.4, -0.2) is 26.2 Å². The number of carboxylic acid groups (broad SMARTS) is 1. The van der Waals surface area contributed by atoms with Gasteiger partial charge in [0.05, 0.1) is 23.6 Å². The molecule has 0 unspecified atom stereocenters. The fraction of sp³-hybridized carbons (Fsp3) is 0.222. The van der Waals surface area contributed by atoms with E-state index in [4.69, 9.17) is 5.11 Å². The van der Waals surface area contributed by atoms with Crippen molar-refractivity contribution in [2.75, 3.05) is 0 Å². The minimum atomic E-state index is -1.05. The minimum absolute atomic E-state index is 0.328. The van der Waals surface area contributed by atoms with Crippen LogP contribution in [0.3, 0.4) is 0 Å². The summed E-state index contributed by atoms with van der Waals surface area (Å²) in [7, 11) is 0. The molecule has 3 N–H and O–H groups in total. The van der Waals surface area contributed by atoms with E-state index in [1.807, 2.05) is 24.3 Å². The fourth-order valence-electron chi connectivity index (χ4n) is 2.68. The van der Waals surface area contributed by atoms with Crippen molar-refractivity contribution in [3.8, 4) is 0 Å². The SMILES string of the molecule is O=C(O)C[C@@H](O)c1cccc2[nH]c(CCc3ccccc3)nc12. The zero-order chi connectivity index (χ0) is 16.2. The monoisotopic (exact) mass is 310 g/mol. The first-order valence-electron chi connectivity index (χ1n) is 7.55. The highest BCUT2D eigenvalue weighted by Gasteiger charge is 2.17. The van der Waals surface area contributed by atoms with Crippen LogP contribution < -0.4 is 0 Å². The quantitative estimate of drug-likeness (QED) is 0.653. The van der Waals surface area contributed by atoms with Crippen LogP contribution in [0.2, 0.25) is 0 Å². The number of aliphatic hydroxyl groups is 1. The molecule has 0 aliphatic rings. The smallest absolute Gasteiger partial charge is 0.306 e. The highest BCUT2D eigenvalue weighted by atomic mass is 16.4. The van der Waals surface area contributed by atoms with E-state index in [0.29, 0.717) is 11.1 Å². The van der Waals surface area contributed by atoms with Crippen LogP contribution in [0, 0.1) is 0 Å². The summed E-state index contributed by atoms with van der Waals surface area (Å²) in [4.78, 5) is 18.6. The number of aliphatic carboxylic acids is 1. The average molecular weight is 310 g/mol. The molecule has 0 radical (unpaired) electrons. The summed E-state index contributed by atoms with van der Waals surface area (Å²) in [5.74, 6) is -0.201. The number of nitrogens with zero attached hydrogens (tertiary/aromatic N) is 1. The number of fused-ring (bicyclic) bond motifs is 1. The van der Waals surface area contributed by atoms with E-state index in [1.165, 1.54) is 5.56 Å². The molecule has 0 bridgehead atoms. The third-order valence-electron chi connectivity index (χ3n) is 3.81. The fourth-order valence-corrected chi connectivity index (χ4v) is 2.68. The van der Waals surface area contributed by atoms with Crippen LogP contribution in [0.1, 0.15) is 29.5 Å². The molecule has 23 heavy (non-hydrogen) atoms. The van der Waals surface area contributed by atoms with Crippen molar-refractivity contribution in [2.24, 2.45) is 0 Å². The zero-order valence-corrected chi connectivity index (χ0v) is 12.6. The normalized spacial score (nSPS) is 12.4. The number of H-pyrrole nitrogens is 1. The van der Waals surface area contributed by atoms with Gasteiger partial charge in [-0.3, -0.25) is 4.79 Å². The number of aliphatic hydroxyl groups excluding tert-OH is 1. The van der Waals surface area contributed by atoms with Crippen LogP contribution in [0.25, 0.3) is 11.0 Å². The van der Waals surface area contributed by atoms with Gasteiger partial charge >= 0.3 is 5.97 Å². The Bertz CT molecular complexity index is 812. The molecule has 5 heteroatoms. The Hall–Kier alpha value is -2.66. The predicted octanol–water partition coefficient (Wildman–Crippen LogP) is 2.86. The summed E-state index contributed by atoms with van der Waals surface area (Å²) in [6.45, 7) is 0. The molecule has 0 saturated carbocycles. The number of carbonyl (C=O) groups is 1. The van der Waals surface area contributed by atoms with Crippen molar-refractivity contribution < 1.29 is 15.0 Å². The Morgan fingerprint density at radius 2 is 1.87 bits per heavy atom. The summed E-state index contributed by atoms with van der Waals surface area (Å²) in [5, 5.41) is 18.9. The van der Waals surface area contributed by atoms with Crippen LogP contribution in [0.4, 0.5) is 0 Å². The van der Waals surface area contributed by atoms with Gasteiger partial charge in [-0.05, 0) is 18.1 Å². The molecule has 0 aliphatic carbocycles. The molecule has 0 aliphatic heterocycles. The van der Waals surface area contributed by atoms with E-state index in [9.17, 15) is 9.90 Å². The third-order valence-corrected chi connectivity index (χ3v) is 3.81. The summed E-state index contributed by atoms with van der Waals surface area (Å²) < 4.78 is 0. The molecule has 2 aromatic carbocycles. The van der Waals surface area contributed by atoms with Crippen molar-refractivity contribution in [2.45, 2.75) is 25.4 Å². The molecule has 0 spiro atoms. The lowest BCUT2D eigenvalue weighted by Gasteiger charge is -2.08. The van der Waals surface area contributed by atoms with Crippen LogP contribution in [0.15, 0.2) is 48.5 Å². The Morgan fingerprint density at radius 1 is 1.09 bits per heavy atom. The molecular weight excluding hydrogens is 292 g/mol. The first-order chi connectivity index (χ1) is 11.1. The Balaban J connectivity index is 1.82. The van der Waals surface area contributed by atoms with E-state index in [2.05, 4.69) is 22.1 Å². The number of aromatic amines is 1. The number of hydrogen-bond acceptors (Lipinski definition) is 3. The molecule has 118 valence electrons. The number of para-hydroxylation sites is 1. The molecule has 0 amide bonds. The van der Waals surface area contributed by atoms with Crippen molar-refractivity contribution in [1.29, 1.82) is 0 Å². The van der Waals surface area contributed by atoms with Gasteiger partial charge in [0.2, 0.25) is 0 Å². The van der Waals surface area contributed by atoms with Gasteiger partial charge in [-0.15, -0.1) is 0 Å². The minimum Gasteiger partial charge on any atom is -0.481 e. The number of aryl methyl sites for hydroxylation is 2. The number of hydrogen-bond donors (Lipinski definition) is 3. The lowest BCUT2D eigenvalue weighted by Crippen LogP contribution is -2.05. The molecule has 5 nitrogen and oxygen atoms in total. The van der Waals surface area contributed by atoms with Gasteiger partial charge in [0.15, 0.2) is 0 Å². The third kappa shape index (κ3) is 3.57. The number of rotatable bonds is 6. The highest BCUT2D eigenvalue weighted by Crippen LogP contribution is 2.25. The van der Waals surface area contributed by atoms with Crippen molar-refractivity contribution >= 4 is 17.0 Å². The summed E-state index contributed by atoms with van der Waals surface area (Å²) in [5.41, 5.74) is 3.24. The standard InChI is InChI=1S/C18H18N2O3/c21-15(11-17(22)23)13-7-4-8-14-18(13)20-16(19-14)10-9-12-5-2-1-3-6-12/h1-8,15,21H,9-11H2,(H,19,20)(H,22,23)/t15-/m1/s1. The Labute approximate surface area is 133 Å². The molecule has 0 fully saturated rings. The predicted molar refractivity (Wildman–Crippen MR) is 87.2 cm³/mol. The summed E-state index contributed by atoms with van der Waals surface area (Å²) in [6.07, 6.45) is 0.244. The number of aromatic nitrogens is 2. The number of imidazole rings is 1. The van der Waals surface area contributed by atoms with Gasteiger partial charge in [0.25, 0.3) is 0 Å². The molecule has 0 saturated heterocycles. The molecule has 3 aromatic rings. The van der Waals surface area contributed by atoms with Crippen LogP contribution in [0.5, 0.6) is 0 Å². The number of nitrogens with one attached hydrogen (secondary N) is 1. The largest absolute Gasteiger partial charge is 0.481 e. The average Bonchev–Trinajstić information content (AvgIpc) is 2.96. The van der Waals surface area contributed by atoms with Crippen LogP contribution in [-0.2, 0) is 17.6 Å².